The van der Waals surface area contributed by atoms with E-state index in [0.29, 0.717) is 47.8 Å². The van der Waals surface area contributed by atoms with Crippen molar-refractivity contribution >= 4 is 45.2 Å². The van der Waals surface area contributed by atoms with Crippen molar-refractivity contribution in [1.82, 2.24) is 9.21 Å². The Morgan fingerprint density at radius 2 is 1.62 bits per heavy atom. The van der Waals surface area contributed by atoms with Crippen LogP contribution in [0.2, 0.25) is 10.0 Å². The van der Waals surface area contributed by atoms with Gasteiger partial charge in [0.2, 0.25) is 15.9 Å². The number of rotatable bonds is 4. The van der Waals surface area contributed by atoms with Crippen LogP contribution in [0.3, 0.4) is 0 Å². The fourth-order valence-electron chi connectivity index (χ4n) is 3.49. The lowest BCUT2D eigenvalue weighted by Gasteiger charge is -2.33. The van der Waals surface area contributed by atoms with Crippen molar-refractivity contribution < 1.29 is 22.7 Å². The Morgan fingerprint density at radius 1 is 0.906 bits per heavy atom. The van der Waals surface area contributed by atoms with Crippen LogP contribution in [0.5, 0.6) is 11.5 Å². The molecule has 1 amide bonds. The lowest BCUT2D eigenvalue weighted by Crippen LogP contribution is -2.50. The average Bonchev–Trinajstić information content (AvgIpc) is 3.04. The Bertz CT molecular complexity index is 1150. The standard InChI is InChI=1S/C22H22Cl2N2O5S/c23-18-5-2-16(14-19(18)24)3-7-22(27)25-8-10-26(11-9-25)32(28,29)17-4-6-20-21(15-17)31-13-1-12-30-20/h2-7,14-15H,1,8-13H2. The molecule has 170 valence electrons. The Hall–Kier alpha value is -2.26. The lowest BCUT2D eigenvalue weighted by molar-refractivity contribution is -0.127. The van der Waals surface area contributed by atoms with Gasteiger partial charge in [0.1, 0.15) is 0 Å². The van der Waals surface area contributed by atoms with Crippen LogP contribution < -0.4 is 9.47 Å². The number of benzene rings is 2. The lowest BCUT2D eigenvalue weighted by atomic mass is 10.2. The molecule has 2 heterocycles. The second-order valence-corrected chi connectivity index (χ2v) is 10.1. The normalized spacial score (nSPS) is 17.4. The Labute approximate surface area is 197 Å². The van der Waals surface area contributed by atoms with E-state index >= 15 is 0 Å². The van der Waals surface area contributed by atoms with Gasteiger partial charge < -0.3 is 14.4 Å². The zero-order chi connectivity index (χ0) is 22.7. The van der Waals surface area contributed by atoms with Crippen molar-refractivity contribution in [1.29, 1.82) is 0 Å². The van der Waals surface area contributed by atoms with Gasteiger partial charge in [-0.3, -0.25) is 4.79 Å². The molecule has 10 heteroatoms. The molecular formula is C22H22Cl2N2O5S. The van der Waals surface area contributed by atoms with Crippen LogP contribution >= 0.6 is 23.2 Å². The van der Waals surface area contributed by atoms with Crippen LogP contribution in [0.15, 0.2) is 47.4 Å². The fourth-order valence-corrected chi connectivity index (χ4v) is 5.24. The predicted molar refractivity (Wildman–Crippen MR) is 123 cm³/mol. The van der Waals surface area contributed by atoms with Crippen LogP contribution in [-0.2, 0) is 14.8 Å². The number of fused-ring (bicyclic) bond motifs is 1. The summed E-state index contributed by atoms with van der Waals surface area (Å²) in [6.07, 6.45) is 3.85. The van der Waals surface area contributed by atoms with Gasteiger partial charge >= 0.3 is 0 Å². The van der Waals surface area contributed by atoms with Gasteiger partial charge in [-0.15, -0.1) is 0 Å². The summed E-state index contributed by atoms with van der Waals surface area (Å²) in [6, 6.07) is 9.76. The summed E-state index contributed by atoms with van der Waals surface area (Å²) < 4.78 is 38.8. The van der Waals surface area contributed by atoms with Gasteiger partial charge in [-0.05, 0) is 35.9 Å². The summed E-state index contributed by atoms with van der Waals surface area (Å²) in [7, 11) is -3.71. The minimum Gasteiger partial charge on any atom is -0.490 e. The SMILES string of the molecule is O=C(C=Cc1ccc(Cl)c(Cl)c1)N1CCN(S(=O)(=O)c2ccc3c(c2)OCCCO3)CC1. The Kier molecular flexibility index (Phi) is 6.95. The summed E-state index contributed by atoms with van der Waals surface area (Å²) in [5.74, 6) is 0.791. The van der Waals surface area contributed by atoms with E-state index in [1.165, 1.54) is 22.5 Å². The molecule has 1 saturated heterocycles. The van der Waals surface area contributed by atoms with Crippen molar-refractivity contribution in [2.45, 2.75) is 11.3 Å². The number of carbonyl (C=O) groups excluding carboxylic acids is 1. The number of piperazine rings is 1. The summed E-state index contributed by atoms with van der Waals surface area (Å²) in [5.41, 5.74) is 0.753. The van der Waals surface area contributed by atoms with Crippen LogP contribution in [0.1, 0.15) is 12.0 Å². The topological polar surface area (TPSA) is 76.2 Å². The minimum atomic E-state index is -3.71. The second-order valence-electron chi connectivity index (χ2n) is 7.40. The van der Waals surface area contributed by atoms with E-state index in [-0.39, 0.29) is 23.9 Å². The number of ether oxygens (including phenoxy) is 2. The molecule has 2 aromatic carbocycles. The Balaban J connectivity index is 1.39. The van der Waals surface area contributed by atoms with E-state index in [0.717, 1.165) is 12.0 Å². The zero-order valence-electron chi connectivity index (χ0n) is 17.2. The van der Waals surface area contributed by atoms with Crippen molar-refractivity contribution in [3.8, 4) is 11.5 Å². The van der Waals surface area contributed by atoms with Gasteiger partial charge in [0.25, 0.3) is 0 Å². The summed E-state index contributed by atoms with van der Waals surface area (Å²) in [5, 5.41) is 0.857. The third kappa shape index (κ3) is 5.04. The molecule has 0 unspecified atom stereocenters. The first kappa shape index (κ1) is 22.9. The van der Waals surface area contributed by atoms with E-state index in [9.17, 15) is 13.2 Å². The van der Waals surface area contributed by atoms with Crippen LogP contribution in [0, 0.1) is 0 Å². The fraction of sp³-hybridized carbons (Fsp3) is 0.318. The predicted octanol–water partition coefficient (Wildman–Crippen LogP) is 3.70. The summed E-state index contributed by atoms with van der Waals surface area (Å²) in [6.45, 7) is 2.04. The van der Waals surface area contributed by atoms with Crippen molar-refractivity contribution in [3.05, 3.63) is 58.1 Å². The van der Waals surface area contributed by atoms with Gasteiger partial charge in [-0.1, -0.05) is 29.3 Å². The molecule has 2 aliphatic heterocycles. The number of hydrogen-bond donors (Lipinski definition) is 0. The maximum absolute atomic E-state index is 13.1. The van der Waals surface area contributed by atoms with E-state index in [2.05, 4.69) is 0 Å². The molecule has 0 N–H and O–H groups in total. The monoisotopic (exact) mass is 496 g/mol. The van der Waals surface area contributed by atoms with Crippen molar-refractivity contribution in [3.63, 3.8) is 0 Å². The summed E-state index contributed by atoms with van der Waals surface area (Å²) in [4.78, 5) is 14.3. The highest BCUT2D eigenvalue weighted by molar-refractivity contribution is 7.89. The zero-order valence-corrected chi connectivity index (χ0v) is 19.5. The molecule has 0 spiro atoms. The Morgan fingerprint density at radius 3 is 2.34 bits per heavy atom. The number of halogens is 2. The van der Waals surface area contributed by atoms with E-state index in [4.69, 9.17) is 32.7 Å². The smallest absolute Gasteiger partial charge is 0.246 e. The largest absolute Gasteiger partial charge is 0.490 e. The van der Waals surface area contributed by atoms with Gasteiger partial charge in [0.15, 0.2) is 11.5 Å². The summed E-state index contributed by atoms with van der Waals surface area (Å²) >= 11 is 11.9. The highest BCUT2D eigenvalue weighted by Crippen LogP contribution is 2.33. The number of sulfonamides is 1. The third-order valence-electron chi connectivity index (χ3n) is 5.27. The first-order valence-electron chi connectivity index (χ1n) is 10.2. The van der Waals surface area contributed by atoms with Crippen LogP contribution in [0.4, 0.5) is 0 Å². The molecule has 32 heavy (non-hydrogen) atoms. The van der Waals surface area contributed by atoms with Gasteiger partial charge in [0.05, 0.1) is 28.2 Å². The molecule has 0 bridgehead atoms. The molecule has 7 nitrogen and oxygen atoms in total. The van der Waals surface area contributed by atoms with Gasteiger partial charge in [-0.2, -0.15) is 4.31 Å². The molecule has 0 atom stereocenters. The highest BCUT2D eigenvalue weighted by atomic mass is 35.5. The maximum atomic E-state index is 13.1. The average molecular weight is 497 g/mol. The number of carbonyl (C=O) groups is 1. The van der Waals surface area contributed by atoms with Crippen molar-refractivity contribution in [2.75, 3.05) is 39.4 Å². The minimum absolute atomic E-state index is 0.154. The molecular weight excluding hydrogens is 475 g/mol. The van der Waals surface area contributed by atoms with Crippen LogP contribution in [0.25, 0.3) is 6.08 Å². The maximum Gasteiger partial charge on any atom is 0.246 e. The molecule has 4 rings (SSSR count). The van der Waals surface area contributed by atoms with E-state index in [1.807, 2.05) is 0 Å². The highest BCUT2D eigenvalue weighted by Gasteiger charge is 2.30. The second kappa shape index (κ2) is 9.70. The quantitative estimate of drug-likeness (QED) is 0.603. The van der Waals surface area contributed by atoms with Gasteiger partial charge in [-0.25, -0.2) is 8.42 Å². The van der Waals surface area contributed by atoms with Crippen molar-refractivity contribution in [2.24, 2.45) is 0 Å². The molecule has 0 radical (unpaired) electrons. The third-order valence-corrected chi connectivity index (χ3v) is 7.90. The first-order chi connectivity index (χ1) is 15.3. The molecule has 2 aliphatic rings. The number of nitrogens with zero attached hydrogens (tertiary/aromatic N) is 2. The first-order valence-corrected chi connectivity index (χ1v) is 12.4. The van der Waals surface area contributed by atoms with Gasteiger partial charge in [0, 0.05) is 44.7 Å². The molecule has 0 aromatic heterocycles. The molecule has 0 saturated carbocycles. The molecule has 2 aromatic rings. The number of amides is 1. The van der Waals surface area contributed by atoms with Crippen LogP contribution in [-0.4, -0.2) is 62.9 Å². The molecule has 0 aliphatic carbocycles. The van der Waals surface area contributed by atoms with E-state index < -0.39 is 10.0 Å². The van der Waals surface area contributed by atoms with E-state index in [1.54, 1.807) is 35.2 Å². The molecule has 1 fully saturated rings. The number of hydrogen-bond acceptors (Lipinski definition) is 5.